The molecule has 136 valence electrons. The molecule has 2 amide bonds. The average Bonchev–Trinajstić information content (AvgIpc) is 2.53. The Morgan fingerprint density at radius 1 is 1.22 bits per heavy atom. The van der Waals surface area contributed by atoms with Crippen molar-refractivity contribution in [2.75, 3.05) is 32.7 Å². The predicted molar refractivity (Wildman–Crippen MR) is 96.8 cm³/mol. The van der Waals surface area contributed by atoms with Crippen LogP contribution in [0.3, 0.4) is 0 Å². The van der Waals surface area contributed by atoms with Crippen molar-refractivity contribution in [3.8, 4) is 0 Å². The van der Waals surface area contributed by atoms with Crippen molar-refractivity contribution in [1.82, 2.24) is 15.5 Å². The third kappa shape index (κ3) is 8.56. The summed E-state index contributed by atoms with van der Waals surface area (Å²) in [5.74, 6) is 1.42. The minimum absolute atomic E-state index is 0. The molecule has 1 saturated heterocycles. The third-order valence-corrected chi connectivity index (χ3v) is 4.70. The smallest absolute Gasteiger partial charge is 0.222 e. The van der Waals surface area contributed by atoms with Crippen molar-refractivity contribution < 1.29 is 9.59 Å². The number of piperidine rings is 1. The van der Waals surface area contributed by atoms with Gasteiger partial charge in [-0.05, 0) is 58.0 Å². The molecule has 1 heterocycles. The summed E-state index contributed by atoms with van der Waals surface area (Å²) < 4.78 is 0. The minimum Gasteiger partial charge on any atom is -0.356 e. The Kier molecular flexibility index (Phi) is 12.1. The van der Waals surface area contributed by atoms with Gasteiger partial charge in [-0.2, -0.15) is 0 Å². The second-order valence-electron chi connectivity index (χ2n) is 6.29. The molecule has 0 radical (unpaired) electrons. The van der Waals surface area contributed by atoms with Gasteiger partial charge in [0.2, 0.25) is 11.8 Å². The number of nitrogens with zero attached hydrogens (tertiary/aromatic N) is 1. The Morgan fingerprint density at radius 2 is 1.83 bits per heavy atom. The third-order valence-electron chi connectivity index (χ3n) is 4.70. The maximum Gasteiger partial charge on any atom is 0.222 e. The maximum atomic E-state index is 12.0. The molecule has 0 aromatic carbocycles. The number of hydrogen-bond acceptors (Lipinski definition) is 3. The van der Waals surface area contributed by atoms with Crippen LogP contribution in [0.15, 0.2) is 0 Å². The van der Waals surface area contributed by atoms with Crippen molar-refractivity contribution in [3.63, 3.8) is 0 Å². The molecule has 0 aromatic heterocycles. The van der Waals surface area contributed by atoms with Gasteiger partial charge in [0.15, 0.2) is 0 Å². The molecule has 0 saturated carbocycles. The number of amides is 2. The van der Waals surface area contributed by atoms with E-state index in [1.165, 1.54) is 12.8 Å². The number of halogens is 1. The lowest BCUT2D eigenvalue weighted by Gasteiger charge is -2.27. The fourth-order valence-corrected chi connectivity index (χ4v) is 3.15. The van der Waals surface area contributed by atoms with Crippen molar-refractivity contribution in [1.29, 1.82) is 0 Å². The molecule has 1 atom stereocenters. The van der Waals surface area contributed by atoms with Gasteiger partial charge in [0, 0.05) is 32.5 Å². The summed E-state index contributed by atoms with van der Waals surface area (Å²) in [5.41, 5.74) is 0. The van der Waals surface area contributed by atoms with E-state index in [-0.39, 0.29) is 24.2 Å². The predicted octanol–water partition coefficient (Wildman–Crippen LogP) is 2.20. The summed E-state index contributed by atoms with van der Waals surface area (Å²) in [7, 11) is 0. The summed E-state index contributed by atoms with van der Waals surface area (Å²) in [6.07, 6.45) is 4.20. The molecule has 2 N–H and O–H groups in total. The lowest BCUT2D eigenvalue weighted by atomic mass is 9.84. The van der Waals surface area contributed by atoms with Crippen LogP contribution in [0.4, 0.5) is 0 Å². The summed E-state index contributed by atoms with van der Waals surface area (Å²) in [5, 5.41) is 6.32. The second kappa shape index (κ2) is 12.6. The first-order valence-corrected chi connectivity index (χ1v) is 8.83. The van der Waals surface area contributed by atoms with Crippen LogP contribution in [0.25, 0.3) is 0 Å². The Morgan fingerprint density at radius 3 is 2.39 bits per heavy atom. The Labute approximate surface area is 147 Å². The molecule has 1 aliphatic rings. The molecule has 1 unspecified atom stereocenters. The number of carbonyl (C=O) groups excluding carboxylic acids is 2. The highest BCUT2D eigenvalue weighted by Gasteiger charge is 2.21. The summed E-state index contributed by atoms with van der Waals surface area (Å²) in [4.78, 5) is 25.6. The maximum absolute atomic E-state index is 12.0. The minimum atomic E-state index is 0. The van der Waals surface area contributed by atoms with E-state index in [4.69, 9.17) is 0 Å². The fraction of sp³-hybridized carbons (Fsp3) is 0.882. The van der Waals surface area contributed by atoms with E-state index in [0.29, 0.717) is 31.2 Å². The highest BCUT2D eigenvalue weighted by Crippen LogP contribution is 2.24. The Hall–Kier alpha value is -0.810. The molecular formula is C17H34ClN3O2. The Bertz CT molecular complexity index is 343. The highest BCUT2D eigenvalue weighted by molar-refractivity contribution is 5.85. The quantitative estimate of drug-likeness (QED) is 0.628. The van der Waals surface area contributed by atoms with Crippen LogP contribution < -0.4 is 10.6 Å². The van der Waals surface area contributed by atoms with E-state index in [1.807, 2.05) is 18.7 Å². The van der Waals surface area contributed by atoms with Gasteiger partial charge in [0.1, 0.15) is 0 Å². The zero-order chi connectivity index (χ0) is 16.4. The lowest BCUT2D eigenvalue weighted by molar-refractivity contribution is -0.131. The van der Waals surface area contributed by atoms with E-state index in [0.717, 1.165) is 32.6 Å². The molecule has 1 rings (SSSR count). The molecule has 5 nitrogen and oxygen atoms in total. The van der Waals surface area contributed by atoms with E-state index < -0.39 is 0 Å². The molecule has 0 spiro atoms. The van der Waals surface area contributed by atoms with Crippen molar-refractivity contribution in [2.45, 2.75) is 52.9 Å². The van der Waals surface area contributed by atoms with Gasteiger partial charge < -0.3 is 15.5 Å². The van der Waals surface area contributed by atoms with Gasteiger partial charge in [0.05, 0.1) is 0 Å². The first-order chi connectivity index (χ1) is 10.6. The monoisotopic (exact) mass is 347 g/mol. The second-order valence-corrected chi connectivity index (χ2v) is 6.29. The fourth-order valence-electron chi connectivity index (χ4n) is 3.15. The zero-order valence-electron chi connectivity index (χ0n) is 14.9. The van der Waals surface area contributed by atoms with Crippen LogP contribution in [-0.4, -0.2) is 49.4 Å². The average molecular weight is 348 g/mol. The van der Waals surface area contributed by atoms with Gasteiger partial charge in [0.25, 0.3) is 0 Å². The SMILES string of the molecule is CCN(CC)C(=O)CCCNC(=O)CC(C)C1CCNCC1.Cl. The number of rotatable bonds is 9. The van der Waals surface area contributed by atoms with Crippen molar-refractivity contribution in [3.05, 3.63) is 0 Å². The molecule has 0 bridgehead atoms. The molecule has 0 aromatic rings. The van der Waals surface area contributed by atoms with Gasteiger partial charge in [-0.3, -0.25) is 9.59 Å². The molecule has 1 fully saturated rings. The summed E-state index contributed by atoms with van der Waals surface area (Å²) >= 11 is 0. The molecule has 1 aliphatic heterocycles. The van der Waals surface area contributed by atoms with Crippen LogP contribution in [-0.2, 0) is 9.59 Å². The molecule has 6 heteroatoms. The molecular weight excluding hydrogens is 314 g/mol. The van der Waals surface area contributed by atoms with Crippen LogP contribution in [0, 0.1) is 11.8 Å². The van der Waals surface area contributed by atoms with Crippen molar-refractivity contribution in [2.24, 2.45) is 11.8 Å². The topological polar surface area (TPSA) is 61.4 Å². The summed E-state index contributed by atoms with van der Waals surface area (Å²) in [6.45, 7) is 10.4. The number of hydrogen-bond donors (Lipinski definition) is 2. The standard InChI is InChI=1S/C17H33N3O2.ClH/c1-4-20(5-2)17(22)7-6-10-19-16(21)13-14(3)15-8-11-18-12-9-15;/h14-15,18H,4-13H2,1-3H3,(H,19,21);1H. The summed E-state index contributed by atoms with van der Waals surface area (Å²) in [6, 6.07) is 0. The molecule has 0 aliphatic carbocycles. The van der Waals surface area contributed by atoms with Gasteiger partial charge in [-0.25, -0.2) is 0 Å². The first kappa shape index (κ1) is 22.2. The van der Waals surface area contributed by atoms with Gasteiger partial charge >= 0.3 is 0 Å². The normalized spacial score (nSPS) is 16.3. The van der Waals surface area contributed by atoms with Crippen LogP contribution in [0.2, 0.25) is 0 Å². The largest absolute Gasteiger partial charge is 0.356 e. The van der Waals surface area contributed by atoms with Gasteiger partial charge in [-0.1, -0.05) is 6.92 Å². The highest BCUT2D eigenvalue weighted by atomic mass is 35.5. The first-order valence-electron chi connectivity index (χ1n) is 8.83. The van der Waals surface area contributed by atoms with Crippen LogP contribution in [0.5, 0.6) is 0 Å². The molecule has 23 heavy (non-hydrogen) atoms. The van der Waals surface area contributed by atoms with Crippen molar-refractivity contribution >= 4 is 24.2 Å². The lowest BCUT2D eigenvalue weighted by Crippen LogP contribution is -2.34. The van der Waals surface area contributed by atoms with E-state index in [1.54, 1.807) is 0 Å². The van der Waals surface area contributed by atoms with Crippen LogP contribution >= 0.6 is 12.4 Å². The van der Waals surface area contributed by atoms with Gasteiger partial charge in [-0.15, -0.1) is 12.4 Å². The van der Waals surface area contributed by atoms with Crippen LogP contribution in [0.1, 0.15) is 52.9 Å². The zero-order valence-corrected chi connectivity index (χ0v) is 15.7. The number of nitrogens with one attached hydrogen (secondary N) is 2. The van der Waals surface area contributed by atoms with E-state index >= 15 is 0 Å². The van der Waals surface area contributed by atoms with E-state index in [9.17, 15) is 9.59 Å². The number of carbonyl (C=O) groups is 2. The Balaban J connectivity index is 0.00000484. The van der Waals surface area contributed by atoms with E-state index in [2.05, 4.69) is 17.6 Å².